The minimum atomic E-state index is -0.473. The van der Waals surface area contributed by atoms with Crippen molar-refractivity contribution in [1.29, 1.82) is 0 Å². The van der Waals surface area contributed by atoms with E-state index in [-0.39, 0.29) is 11.7 Å². The summed E-state index contributed by atoms with van der Waals surface area (Å²) in [6.45, 7) is 4.10. The van der Waals surface area contributed by atoms with Gasteiger partial charge in [-0.3, -0.25) is 9.59 Å². The van der Waals surface area contributed by atoms with E-state index in [0.717, 1.165) is 40.9 Å². The van der Waals surface area contributed by atoms with Crippen molar-refractivity contribution < 1.29 is 9.59 Å². The van der Waals surface area contributed by atoms with Crippen molar-refractivity contribution in [2.24, 2.45) is 0 Å². The van der Waals surface area contributed by atoms with Crippen LogP contribution in [0.4, 0.5) is 0 Å². The van der Waals surface area contributed by atoms with Gasteiger partial charge in [0, 0.05) is 11.4 Å². The van der Waals surface area contributed by atoms with Crippen LogP contribution in [0.15, 0.2) is 48.5 Å². The van der Waals surface area contributed by atoms with Crippen molar-refractivity contribution in [2.75, 3.05) is 0 Å². The van der Waals surface area contributed by atoms with Gasteiger partial charge >= 0.3 is 0 Å². The monoisotopic (exact) mass is 456 g/mol. The van der Waals surface area contributed by atoms with Crippen molar-refractivity contribution in [1.82, 2.24) is 10.3 Å². The van der Waals surface area contributed by atoms with Crippen LogP contribution in [0.2, 0.25) is 5.02 Å². The van der Waals surface area contributed by atoms with E-state index in [4.69, 9.17) is 11.6 Å². The number of fused-ring (bicyclic) bond motifs is 1. The number of carbonyl (C=O) groups is 2. The Labute approximate surface area is 193 Å². The Balaban J connectivity index is 1.54. The van der Waals surface area contributed by atoms with E-state index >= 15 is 0 Å². The number of halogens is 1. The van der Waals surface area contributed by atoms with E-state index in [0.29, 0.717) is 23.8 Å². The third-order valence-electron chi connectivity index (χ3n) is 5.54. The second-order valence-electron chi connectivity index (χ2n) is 7.82. The van der Waals surface area contributed by atoms with Crippen LogP contribution >= 0.6 is 22.9 Å². The average Bonchev–Trinajstić information content (AvgIpc) is 3.22. The summed E-state index contributed by atoms with van der Waals surface area (Å²) in [5, 5.41) is 4.03. The Bertz CT molecular complexity index is 983. The van der Waals surface area contributed by atoms with Crippen LogP contribution in [0.3, 0.4) is 0 Å². The van der Waals surface area contributed by atoms with Crippen molar-refractivity contribution in [3.05, 3.63) is 64.1 Å². The molecule has 6 heteroatoms. The van der Waals surface area contributed by atoms with Gasteiger partial charge in [0.25, 0.3) is 5.91 Å². The number of amides is 1. The van der Waals surface area contributed by atoms with Gasteiger partial charge in [-0.15, -0.1) is 11.3 Å². The number of hydrogen-bond donors (Lipinski definition) is 1. The van der Waals surface area contributed by atoms with Gasteiger partial charge < -0.3 is 5.32 Å². The van der Waals surface area contributed by atoms with Gasteiger partial charge in [0.2, 0.25) is 0 Å². The number of nitrogens with one attached hydrogen (secondary N) is 1. The molecule has 0 radical (unpaired) electrons. The Kier molecular flexibility index (Phi) is 8.61. The largest absolute Gasteiger partial charge is 0.340 e. The SMILES string of the molecule is CCCC(CCCC(=O)C(CC)NC(=O)c1nc2ccccc2s1)c1ccc(Cl)cc1. The van der Waals surface area contributed by atoms with Crippen molar-refractivity contribution in [2.45, 2.75) is 64.3 Å². The zero-order chi connectivity index (χ0) is 22.2. The standard InChI is InChI=1S/C25H29ClN2O2S/c1-3-8-17(18-13-15-19(26)16-14-18)9-7-11-22(29)20(4-2)27-24(30)25-28-21-10-5-6-12-23(21)31-25/h5-6,10,12-17,20H,3-4,7-9,11H2,1-2H3,(H,27,30). The first-order valence-corrected chi connectivity index (χ1v) is 12.2. The molecule has 4 nitrogen and oxygen atoms in total. The van der Waals surface area contributed by atoms with Crippen LogP contribution in [0.25, 0.3) is 10.2 Å². The number of benzene rings is 2. The molecule has 1 amide bonds. The third kappa shape index (κ3) is 6.37. The molecule has 0 bridgehead atoms. The van der Waals surface area contributed by atoms with E-state index in [1.54, 1.807) is 0 Å². The van der Waals surface area contributed by atoms with Gasteiger partial charge in [-0.2, -0.15) is 0 Å². The van der Waals surface area contributed by atoms with Crippen LogP contribution in [0.5, 0.6) is 0 Å². The van der Waals surface area contributed by atoms with Crippen LogP contribution in [-0.4, -0.2) is 22.7 Å². The minimum Gasteiger partial charge on any atom is -0.340 e. The number of thiazole rings is 1. The quantitative estimate of drug-likeness (QED) is 0.346. The predicted octanol–water partition coefficient (Wildman–Crippen LogP) is 6.78. The van der Waals surface area contributed by atoms with Crippen LogP contribution < -0.4 is 5.32 Å². The molecule has 2 atom stereocenters. The van der Waals surface area contributed by atoms with Gasteiger partial charge in [-0.25, -0.2) is 4.98 Å². The maximum atomic E-state index is 12.8. The Morgan fingerprint density at radius 3 is 2.48 bits per heavy atom. The van der Waals surface area contributed by atoms with Crippen molar-refractivity contribution in [3.8, 4) is 0 Å². The minimum absolute atomic E-state index is 0.0864. The van der Waals surface area contributed by atoms with Crippen molar-refractivity contribution >= 4 is 44.8 Å². The highest BCUT2D eigenvalue weighted by Gasteiger charge is 2.22. The van der Waals surface area contributed by atoms with Crippen LogP contribution in [0.1, 0.15) is 73.7 Å². The van der Waals surface area contributed by atoms with Crippen LogP contribution in [-0.2, 0) is 4.79 Å². The molecule has 0 saturated carbocycles. The van der Waals surface area contributed by atoms with Crippen LogP contribution in [0, 0.1) is 0 Å². The van der Waals surface area contributed by atoms with Crippen molar-refractivity contribution in [3.63, 3.8) is 0 Å². The smallest absolute Gasteiger partial charge is 0.280 e. The first-order valence-electron chi connectivity index (χ1n) is 11.0. The summed E-state index contributed by atoms with van der Waals surface area (Å²) in [6, 6.07) is 15.2. The Morgan fingerprint density at radius 1 is 1.06 bits per heavy atom. The van der Waals surface area contributed by atoms with Gasteiger partial charge in [0.05, 0.1) is 16.3 Å². The summed E-state index contributed by atoms with van der Waals surface area (Å²) in [5.41, 5.74) is 2.08. The molecule has 0 aliphatic carbocycles. The van der Waals surface area contributed by atoms with E-state index in [9.17, 15) is 9.59 Å². The lowest BCUT2D eigenvalue weighted by atomic mass is 9.89. The fraction of sp³-hybridized carbons (Fsp3) is 0.400. The normalized spacial score (nSPS) is 13.1. The molecule has 0 saturated heterocycles. The highest BCUT2D eigenvalue weighted by Crippen LogP contribution is 2.28. The number of rotatable bonds is 11. The molecule has 1 heterocycles. The number of nitrogens with zero attached hydrogens (tertiary/aromatic N) is 1. The number of Topliss-reactive ketones (excluding diaryl/α,β-unsaturated/α-hetero) is 1. The number of ketones is 1. The maximum absolute atomic E-state index is 12.8. The molecule has 1 aromatic heterocycles. The summed E-state index contributed by atoms with van der Waals surface area (Å²) in [7, 11) is 0. The van der Waals surface area contributed by atoms with Gasteiger partial charge in [-0.05, 0) is 61.4 Å². The molecule has 0 spiro atoms. The molecule has 0 aliphatic heterocycles. The third-order valence-corrected chi connectivity index (χ3v) is 6.83. The molecule has 1 N–H and O–H groups in total. The molecule has 2 aromatic carbocycles. The molecule has 3 rings (SSSR count). The molecule has 31 heavy (non-hydrogen) atoms. The zero-order valence-corrected chi connectivity index (χ0v) is 19.6. The summed E-state index contributed by atoms with van der Waals surface area (Å²) in [4.78, 5) is 29.8. The lowest BCUT2D eigenvalue weighted by Gasteiger charge is -2.18. The fourth-order valence-corrected chi connectivity index (χ4v) is 4.85. The van der Waals surface area contributed by atoms with E-state index in [1.165, 1.54) is 16.9 Å². The Hall–Kier alpha value is -2.24. The van der Waals surface area contributed by atoms with E-state index in [1.807, 2.05) is 43.3 Å². The first kappa shape index (κ1) is 23.4. The average molecular weight is 457 g/mol. The number of hydrogen-bond acceptors (Lipinski definition) is 4. The molecule has 0 aliphatic rings. The molecular weight excluding hydrogens is 428 g/mol. The molecule has 3 aromatic rings. The highest BCUT2D eigenvalue weighted by atomic mass is 35.5. The number of aromatic nitrogens is 1. The summed E-state index contributed by atoms with van der Waals surface area (Å²) in [6.07, 6.45) is 4.97. The topological polar surface area (TPSA) is 59.1 Å². The molecule has 164 valence electrons. The van der Waals surface area contributed by atoms with Gasteiger partial charge in [0.1, 0.15) is 0 Å². The number of para-hydroxylation sites is 1. The Morgan fingerprint density at radius 2 is 1.81 bits per heavy atom. The van der Waals surface area contributed by atoms with Gasteiger partial charge in [-0.1, -0.05) is 56.1 Å². The highest BCUT2D eigenvalue weighted by molar-refractivity contribution is 7.20. The second-order valence-corrected chi connectivity index (χ2v) is 9.28. The van der Waals surface area contributed by atoms with Gasteiger partial charge in [0.15, 0.2) is 10.8 Å². The summed E-state index contributed by atoms with van der Waals surface area (Å²) >= 11 is 7.37. The predicted molar refractivity (Wildman–Crippen MR) is 129 cm³/mol. The second kappa shape index (κ2) is 11.4. The summed E-state index contributed by atoms with van der Waals surface area (Å²) < 4.78 is 0.969. The molecule has 0 fully saturated rings. The molecular formula is C25H29ClN2O2S. The molecule has 2 unspecified atom stereocenters. The fourth-order valence-electron chi connectivity index (χ4n) is 3.86. The lowest BCUT2D eigenvalue weighted by Crippen LogP contribution is -2.40. The van der Waals surface area contributed by atoms with E-state index in [2.05, 4.69) is 29.4 Å². The number of carbonyl (C=O) groups excluding carboxylic acids is 2. The lowest BCUT2D eigenvalue weighted by molar-refractivity contribution is -0.121. The maximum Gasteiger partial charge on any atom is 0.280 e. The summed E-state index contributed by atoms with van der Waals surface area (Å²) in [5.74, 6) is 0.238. The first-order chi connectivity index (χ1) is 15.0. The zero-order valence-electron chi connectivity index (χ0n) is 18.1. The van der Waals surface area contributed by atoms with E-state index < -0.39 is 6.04 Å².